The fourth-order valence-electron chi connectivity index (χ4n) is 11.7. The Hall–Kier alpha value is -1.94. The molecule has 0 aliphatic heterocycles. The van der Waals surface area contributed by atoms with Crippen LogP contribution in [0.4, 0.5) is 0 Å². The molecule has 0 aromatic rings. The Morgan fingerprint density at radius 1 is 0.302 bits per heavy atom. The topological polar surface area (TPSA) is 237 Å². The molecule has 0 spiro atoms. The Bertz CT molecular complexity index is 1870. The SMILES string of the molecule is CCCCCCCCCCCCCCCCCCC(=O)O[C@H](COC(=O)CCCCCCCCCCCCC(C)CC)COP(=O)(O)OC[C@@H](O)COP(=O)(O)OC[C@@H](COC(=O)CCCCCCCCCCCCC(C)C)OC(=O)CCCCCCCCCCCCC(C)C. The summed E-state index contributed by atoms with van der Waals surface area (Å²) in [6.07, 6.45) is 53.9. The van der Waals surface area contributed by atoms with Crippen LogP contribution in [0.3, 0.4) is 0 Å². The second kappa shape index (κ2) is 67.5. The summed E-state index contributed by atoms with van der Waals surface area (Å²) in [5.74, 6) is 0.205. The van der Waals surface area contributed by atoms with Gasteiger partial charge in [-0.1, -0.05) is 344 Å². The van der Waals surface area contributed by atoms with E-state index in [1.807, 2.05) is 0 Å². The molecule has 0 fully saturated rings. The molecule has 0 saturated heterocycles. The van der Waals surface area contributed by atoms with E-state index >= 15 is 0 Å². The van der Waals surface area contributed by atoms with Crippen LogP contribution < -0.4 is 0 Å². The summed E-state index contributed by atoms with van der Waals surface area (Å²) in [7, 11) is -9.92. The third-order valence-corrected chi connectivity index (χ3v) is 20.1. The third-order valence-electron chi connectivity index (χ3n) is 18.2. The first-order chi connectivity index (χ1) is 46.3. The van der Waals surface area contributed by atoms with Gasteiger partial charge in [0.25, 0.3) is 0 Å². The van der Waals surface area contributed by atoms with Crippen molar-refractivity contribution in [1.82, 2.24) is 0 Å². The normalized spacial score (nSPS) is 14.3. The number of carbonyl (C=O) groups excluding carboxylic acids is 4. The lowest BCUT2D eigenvalue weighted by Gasteiger charge is -2.21. The number of hydrogen-bond acceptors (Lipinski definition) is 15. The first-order valence-corrected chi connectivity index (χ1v) is 42.9. The molecule has 96 heavy (non-hydrogen) atoms. The van der Waals surface area contributed by atoms with E-state index < -0.39 is 97.5 Å². The molecule has 0 aromatic carbocycles. The van der Waals surface area contributed by atoms with Crippen LogP contribution in [0.2, 0.25) is 0 Å². The van der Waals surface area contributed by atoms with Crippen molar-refractivity contribution in [3.05, 3.63) is 0 Å². The maximum atomic E-state index is 13.1. The predicted octanol–water partition coefficient (Wildman–Crippen LogP) is 22.6. The van der Waals surface area contributed by atoms with Crippen LogP contribution >= 0.6 is 15.6 Å². The Labute approximate surface area is 588 Å². The lowest BCUT2D eigenvalue weighted by Crippen LogP contribution is -2.30. The van der Waals surface area contributed by atoms with Gasteiger partial charge >= 0.3 is 39.5 Å². The highest BCUT2D eigenvalue weighted by Crippen LogP contribution is 2.45. The van der Waals surface area contributed by atoms with Crippen LogP contribution in [0.15, 0.2) is 0 Å². The van der Waals surface area contributed by atoms with E-state index in [0.717, 1.165) is 108 Å². The highest BCUT2D eigenvalue weighted by molar-refractivity contribution is 7.47. The van der Waals surface area contributed by atoms with Crippen LogP contribution in [-0.4, -0.2) is 96.7 Å². The van der Waals surface area contributed by atoms with Crippen LogP contribution in [0.1, 0.15) is 395 Å². The fraction of sp³-hybridized carbons (Fsp3) is 0.948. The summed E-state index contributed by atoms with van der Waals surface area (Å²) < 4.78 is 68.6. The summed E-state index contributed by atoms with van der Waals surface area (Å²) in [5.41, 5.74) is 0. The molecule has 3 N–H and O–H groups in total. The van der Waals surface area contributed by atoms with Gasteiger partial charge < -0.3 is 33.8 Å². The number of unbranched alkanes of at least 4 members (excludes halogenated alkanes) is 42. The summed E-state index contributed by atoms with van der Waals surface area (Å²) in [6.45, 7) is 11.9. The van der Waals surface area contributed by atoms with Gasteiger partial charge in [0.2, 0.25) is 0 Å². The number of esters is 4. The van der Waals surface area contributed by atoms with Gasteiger partial charge in [0.05, 0.1) is 26.4 Å². The quantitative estimate of drug-likeness (QED) is 0.0222. The number of phosphoric acid groups is 2. The number of phosphoric ester groups is 2. The van der Waals surface area contributed by atoms with Crippen molar-refractivity contribution in [2.75, 3.05) is 39.6 Å². The minimum Gasteiger partial charge on any atom is -0.462 e. The molecular formula is C77H150O17P2. The minimum absolute atomic E-state index is 0.106. The van der Waals surface area contributed by atoms with Crippen molar-refractivity contribution < 1.29 is 80.2 Å². The molecule has 570 valence electrons. The summed E-state index contributed by atoms with van der Waals surface area (Å²) in [4.78, 5) is 72.9. The van der Waals surface area contributed by atoms with E-state index in [0.29, 0.717) is 25.7 Å². The molecule has 0 aliphatic rings. The van der Waals surface area contributed by atoms with Gasteiger partial charge in [0.1, 0.15) is 19.3 Å². The van der Waals surface area contributed by atoms with Crippen LogP contribution in [0.25, 0.3) is 0 Å². The molecule has 0 bridgehead atoms. The zero-order valence-corrected chi connectivity index (χ0v) is 64.6. The van der Waals surface area contributed by atoms with E-state index in [2.05, 4.69) is 48.5 Å². The van der Waals surface area contributed by atoms with Crippen LogP contribution in [-0.2, 0) is 65.4 Å². The lowest BCUT2D eigenvalue weighted by atomic mass is 9.99. The van der Waals surface area contributed by atoms with Crippen LogP contribution in [0.5, 0.6) is 0 Å². The zero-order valence-electron chi connectivity index (χ0n) is 62.8. The number of rotatable bonds is 75. The Kier molecular flexibility index (Phi) is 66.2. The molecule has 0 aliphatic carbocycles. The summed E-state index contributed by atoms with van der Waals surface area (Å²) in [5, 5.41) is 10.6. The molecular weight excluding hydrogens is 1260 g/mol. The standard InChI is InChI=1S/C77H150O17P2/c1-8-10-11-12-13-14-15-16-17-18-19-20-32-39-46-53-60-76(81)93-72(64-88-75(80)59-52-45-38-31-26-23-29-36-43-50-57-70(7)9-2)66-91-95(83,84)89-62-71(78)63-90-96(85,86)92-67-73(94-77(82)61-54-47-40-33-25-22-28-35-42-49-56-69(5)6)65-87-74(79)58-51-44-37-30-24-21-27-34-41-48-55-68(3)4/h68-73,78H,8-67H2,1-7H3,(H,83,84)(H,85,86)/t70?,71-,72-,73-/m1/s1. The van der Waals surface area contributed by atoms with E-state index in [-0.39, 0.29) is 25.7 Å². The summed E-state index contributed by atoms with van der Waals surface area (Å²) >= 11 is 0. The second-order valence-corrected chi connectivity index (χ2v) is 31.8. The van der Waals surface area contributed by atoms with Gasteiger partial charge in [0.15, 0.2) is 12.2 Å². The van der Waals surface area contributed by atoms with Crippen molar-refractivity contribution in [2.45, 2.75) is 414 Å². The van der Waals surface area contributed by atoms with E-state index in [4.69, 9.17) is 37.0 Å². The number of carbonyl (C=O) groups is 4. The largest absolute Gasteiger partial charge is 0.472 e. The number of hydrogen-bond donors (Lipinski definition) is 3. The Morgan fingerprint density at radius 2 is 0.531 bits per heavy atom. The highest BCUT2D eigenvalue weighted by Gasteiger charge is 2.30. The van der Waals surface area contributed by atoms with E-state index in [9.17, 15) is 43.2 Å². The Balaban J connectivity index is 5.28. The van der Waals surface area contributed by atoms with Gasteiger partial charge in [-0.05, 0) is 43.4 Å². The first kappa shape index (κ1) is 94.1. The Morgan fingerprint density at radius 3 is 0.792 bits per heavy atom. The van der Waals surface area contributed by atoms with Crippen molar-refractivity contribution >= 4 is 39.5 Å². The molecule has 0 heterocycles. The van der Waals surface area contributed by atoms with Gasteiger partial charge in [-0.2, -0.15) is 0 Å². The molecule has 19 heteroatoms. The van der Waals surface area contributed by atoms with Crippen LogP contribution in [0, 0.1) is 17.8 Å². The van der Waals surface area contributed by atoms with Gasteiger partial charge in [0, 0.05) is 25.7 Å². The molecule has 0 saturated carbocycles. The maximum absolute atomic E-state index is 13.1. The van der Waals surface area contributed by atoms with E-state index in [1.165, 1.54) is 205 Å². The molecule has 6 atom stereocenters. The number of aliphatic hydroxyl groups excluding tert-OH is 1. The molecule has 3 unspecified atom stereocenters. The average molecular weight is 1410 g/mol. The van der Waals surface area contributed by atoms with Gasteiger partial charge in [-0.15, -0.1) is 0 Å². The predicted molar refractivity (Wildman–Crippen MR) is 391 cm³/mol. The van der Waals surface area contributed by atoms with Crippen molar-refractivity contribution in [1.29, 1.82) is 0 Å². The maximum Gasteiger partial charge on any atom is 0.472 e. The first-order valence-electron chi connectivity index (χ1n) is 39.9. The zero-order chi connectivity index (χ0) is 70.9. The van der Waals surface area contributed by atoms with Crippen molar-refractivity contribution in [2.24, 2.45) is 17.8 Å². The van der Waals surface area contributed by atoms with Gasteiger partial charge in [-0.25, -0.2) is 9.13 Å². The second-order valence-electron chi connectivity index (χ2n) is 28.9. The lowest BCUT2D eigenvalue weighted by molar-refractivity contribution is -0.161. The van der Waals surface area contributed by atoms with Crippen molar-refractivity contribution in [3.8, 4) is 0 Å². The molecule has 0 rings (SSSR count). The highest BCUT2D eigenvalue weighted by atomic mass is 31.2. The number of ether oxygens (including phenoxy) is 4. The minimum atomic E-state index is -4.96. The monoisotopic (exact) mass is 1410 g/mol. The van der Waals surface area contributed by atoms with E-state index in [1.54, 1.807) is 0 Å². The van der Waals surface area contributed by atoms with Gasteiger partial charge in [-0.3, -0.25) is 37.3 Å². The smallest absolute Gasteiger partial charge is 0.462 e. The molecule has 0 amide bonds. The fourth-order valence-corrected chi connectivity index (χ4v) is 13.3. The van der Waals surface area contributed by atoms with Crippen molar-refractivity contribution in [3.63, 3.8) is 0 Å². The third kappa shape index (κ3) is 69.2. The molecule has 0 aromatic heterocycles. The summed E-state index contributed by atoms with van der Waals surface area (Å²) in [6, 6.07) is 0. The number of aliphatic hydroxyl groups is 1. The molecule has 0 radical (unpaired) electrons. The molecule has 17 nitrogen and oxygen atoms in total. The average Bonchev–Trinajstić information content (AvgIpc) is 2.16.